The number of fused-ring (bicyclic) bond motifs is 1. The van der Waals surface area contributed by atoms with Crippen molar-refractivity contribution < 1.29 is 4.39 Å². The Morgan fingerprint density at radius 3 is 2.88 bits per heavy atom. The lowest BCUT2D eigenvalue weighted by Gasteiger charge is -2.09. The second-order valence-corrected chi connectivity index (χ2v) is 4.99. The van der Waals surface area contributed by atoms with Gasteiger partial charge >= 0.3 is 0 Å². The van der Waals surface area contributed by atoms with Gasteiger partial charge in [-0.25, -0.2) is 4.39 Å². The van der Waals surface area contributed by atoms with E-state index in [-0.39, 0.29) is 11.4 Å². The summed E-state index contributed by atoms with van der Waals surface area (Å²) in [5.41, 5.74) is 8.47. The van der Waals surface area contributed by atoms with E-state index in [2.05, 4.69) is 4.98 Å². The molecule has 3 N–H and O–H groups in total. The van der Waals surface area contributed by atoms with Crippen molar-refractivity contribution in [1.29, 1.82) is 0 Å². The number of hydrogen-bond donors (Lipinski definition) is 2. The summed E-state index contributed by atoms with van der Waals surface area (Å²) in [7, 11) is 0. The van der Waals surface area contributed by atoms with Crippen molar-refractivity contribution in [2.45, 2.75) is 31.7 Å². The van der Waals surface area contributed by atoms with Crippen LogP contribution in [0, 0.1) is 12.7 Å². The van der Waals surface area contributed by atoms with Crippen molar-refractivity contribution >= 4 is 10.9 Å². The Morgan fingerprint density at radius 1 is 1.44 bits per heavy atom. The second-order valence-electron chi connectivity index (χ2n) is 4.99. The molecule has 2 nitrogen and oxygen atoms in total. The number of benzene rings is 1. The molecule has 1 aliphatic rings. The summed E-state index contributed by atoms with van der Waals surface area (Å²) < 4.78 is 14.2. The summed E-state index contributed by atoms with van der Waals surface area (Å²) in [5.74, 6) is -0.112. The van der Waals surface area contributed by atoms with E-state index >= 15 is 0 Å². The Kier molecular flexibility index (Phi) is 1.89. The van der Waals surface area contributed by atoms with Gasteiger partial charge in [-0.05, 0) is 43.9 Å². The molecule has 0 unspecified atom stereocenters. The lowest BCUT2D eigenvalue weighted by Crippen LogP contribution is -2.25. The van der Waals surface area contributed by atoms with E-state index in [9.17, 15) is 4.39 Å². The maximum atomic E-state index is 14.2. The van der Waals surface area contributed by atoms with Crippen molar-refractivity contribution in [3.8, 4) is 0 Å². The van der Waals surface area contributed by atoms with E-state index in [1.54, 1.807) is 0 Å². The summed E-state index contributed by atoms with van der Waals surface area (Å²) in [6.07, 6.45) is 2.67. The molecule has 1 aromatic heterocycles. The fourth-order valence-electron chi connectivity index (χ4n) is 2.21. The number of rotatable bonds is 2. The molecule has 1 fully saturated rings. The van der Waals surface area contributed by atoms with E-state index in [0.717, 1.165) is 29.6 Å². The Hall–Kier alpha value is -1.35. The van der Waals surface area contributed by atoms with Crippen LogP contribution in [0.1, 0.15) is 24.1 Å². The second kappa shape index (κ2) is 3.08. The van der Waals surface area contributed by atoms with Gasteiger partial charge in [-0.1, -0.05) is 6.07 Å². The molecule has 0 atom stereocenters. The van der Waals surface area contributed by atoms with E-state index < -0.39 is 0 Å². The first-order valence-electron chi connectivity index (χ1n) is 5.63. The van der Waals surface area contributed by atoms with Crippen molar-refractivity contribution in [2.75, 3.05) is 0 Å². The molecule has 0 aliphatic heterocycles. The molecule has 1 heterocycles. The van der Waals surface area contributed by atoms with Crippen LogP contribution in [0.2, 0.25) is 0 Å². The van der Waals surface area contributed by atoms with Gasteiger partial charge in [-0.2, -0.15) is 0 Å². The Labute approximate surface area is 93.6 Å². The van der Waals surface area contributed by atoms with Gasteiger partial charge in [0.25, 0.3) is 0 Å². The summed E-state index contributed by atoms with van der Waals surface area (Å²) in [5, 5.41) is 0.680. The first-order valence-corrected chi connectivity index (χ1v) is 5.63. The molecule has 1 aromatic carbocycles. The minimum atomic E-state index is -0.139. The quantitative estimate of drug-likeness (QED) is 0.799. The lowest BCUT2D eigenvalue weighted by molar-refractivity contribution is 0.591. The van der Waals surface area contributed by atoms with E-state index in [1.165, 1.54) is 0 Å². The number of aryl methyl sites for hydroxylation is 1. The lowest BCUT2D eigenvalue weighted by atomic mass is 10.0. The predicted molar refractivity (Wildman–Crippen MR) is 62.9 cm³/mol. The molecule has 3 heteroatoms. The molecular formula is C13H15FN2. The van der Waals surface area contributed by atoms with Gasteiger partial charge in [-0.3, -0.25) is 0 Å². The zero-order chi connectivity index (χ0) is 11.3. The van der Waals surface area contributed by atoms with Crippen LogP contribution in [0.3, 0.4) is 0 Å². The van der Waals surface area contributed by atoms with Crippen molar-refractivity contribution in [3.63, 3.8) is 0 Å². The first-order chi connectivity index (χ1) is 7.57. The third-order valence-electron chi connectivity index (χ3n) is 3.39. The van der Waals surface area contributed by atoms with Crippen molar-refractivity contribution in [2.24, 2.45) is 5.73 Å². The number of aromatic amines is 1. The van der Waals surface area contributed by atoms with Gasteiger partial charge < -0.3 is 10.7 Å². The van der Waals surface area contributed by atoms with Crippen LogP contribution in [-0.4, -0.2) is 10.5 Å². The maximum Gasteiger partial charge on any atom is 0.135 e. The van der Waals surface area contributed by atoms with Gasteiger partial charge in [-0.15, -0.1) is 0 Å². The minimum absolute atomic E-state index is 0.112. The highest BCUT2D eigenvalue weighted by Gasteiger charge is 2.38. The highest BCUT2D eigenvalue weighted by molar-refractivity contribution is 5.81. The summed E-state index contributed by atoms with van der Waals surface area (Å²) >= 11 is 0. The molecular weight excluding hydrogens is 203 g/mol. The molecule has 0 saturated heterocycles. The van der Waals surface area contributed by atoms with Gasteiger partial charge in [0, 0.05) is 22.1 Å². The number of hydrogen-bond acceptors (Lipinski definition) is 1. The number of aromatic nitrogens is 1. The van der Waals surface area contributed by atoms with Gasteiger partial charge in [0.1, 0.15) is 5.82 Å². The van der Waals surface area contributed by atoms with Crippen LogP contribution in [0.15, 0.2) is 18.2 Å². The first kappa shape index (κ1) is 9.85. The van der Waals surface area contributed by atoms with Gasteiger partial charge in [0.2, 0.25) is 0 Å². The number of nitrogens with one attached hydrogen (secondary N) is 1. The SMILES string of the molecule is Cc1cc2c(F)c(CC3(N)CC3)ccc2[nH]1. The maximum absolute atomic E-state index is 14.2. The third-order valence-corrected chi connectivity index (χ3v) is 3.39. The molecule has 0 amide bonds. The zero-order valence-electron chi connectivity index (χ0n) is 9.31. The fourth-order valence-corrected chi connectivity index (χ4v) is 2.21. The summed E-state index contributed by atoms with van der Waals surface area (Å²) in [6, 6.07) is 5.64. The number of halogens is 1. The predicted octanol–water partition coefficient (Wildman–Crippen LogP) is 2.65. The molecule has 0 bridgehead atoms. The number of nitrogens with two attached hydrogens (primary N) is 1. The van der Waals surface area contributed by atoms with Crippen LogP contribution >= 0.6 is 0 Å². The highest BCUT2D eigenvalue weighted by atomic mass is 19.1. The Bertz CT molecular complexity index is 552. The van der Waals surface area contributed by atoms with E-state index in [1.807, 2.05) is 25.1 Å². The molecule has 0 spiro atoms. The third kappa shape index (κ3) is 1.52. The van der Waals surface area contributed by atoms with Crippen LogP contribution < -0.4 is 5.73 Å². The highest BCUT2D eigenvalue weighted by Crippen LogP contribution is 2.37. The van der Waals surface area contributed by atoms with Crippen LogP contribution in [0.4, 0.5) is 4.39 Å². The van der Waals surface area contributed by atoms with E-state index in [4.69, 9.17) is 5.73 Å². The van der Waals surface area contributed by atoms with Crippen molar-refractivity contribution in [3.05, 3.63) is 35.3 Å². The monoisotopic (exact) mass is 218 g/mol. The van der Waals surface area contributed by atoms with E-state index in [0.29, 0.717) is 11.8 Å². The normalized spacial score (nSPS) is 17.9. The van der Waals surface area contributed by atoms with Crippen molar-refractivity contribution in [1.82, 2.24) is 4.98 Å². The largest absolute Gasteiger partial charge is 0.359 e. The smallest absolute Gasteiger partial charge is 0.135 e. The molecule has 0 radical (unpaired) electrons. The Morgan fingerprint density at radius 2 is 2.19 bits per heavy atom. The van der Waals surface area contributed by atoms with Gasteiger partial charge in [0.15, 0.2) is 0 Å². The molecule has 84 valence electrons. The molecule has 16 heavy (non-hydrogen) atoms. The minimum Gasteiger partial charge on any atom is -0.359 e. The topological polar surface area (TPSA) is 41.8 Å². The summed E-state index contributed by atoms with van der Waals surface area (Å²) in [4.78, 5) is 3.13. The number of H-pyrrole nitrogens is 1. The molecule has 1 saturated carbocycles. The molecule has 1 aliphatic carbocycles. The summed E-state index contributed by atoms with van der Waals surface area (Å²) in [6.45, 7) is 1.93. The average molecular weight is 218 g/mol. The standard InChI is InChI=1S/C13H15FN2/c1-8-6-10-11(16-8)3-2-9(12(10)14)7-13(15)4-5-13/h2-3,6,16H,4-5,7,15H2,1H3. The van der Waals surface area contributed by atoms with Crippen LogP contribution in [-0.2, 0) is 6.42 Å². The average Bonchev–Trinajstić information content (AvgIpc) is 2.81. The fraction of sp³-hybridized carbons (Fsp3) is 0.385. The molecule has 2 aromatic rings. The molecule has 3 rings (SSSR count). The van der Waals surface area contributed by atoms with Crippen LogP contribution in [0.25, 0.3) is 10.9 Å². The zero-order valence-corrected chi connectivity index (χ0v) is 9.31. The van der Waals surface area contributed by atoms with Gasteiger partial charge in [0.05, 0.1) is 0 Å². The van der Waals surface area contributed by atoms with Crippen LogP contribution in [0.5, 0.6) is 0 Å². The Balaban J connectivity index is 2.08.